The topological polar surface area (TPSA) is 82.7 Å². The Labute approximate surface area is 207 Å². The molecule has 0 saturated carbocycles. The molecule has 2 heterocycles. The Morgan fingerprint density at radius 2 is 1.78 bits per heavy atom. The summed E-state index contributed by atoms with van der Waals surface area (Å²) >= 11 is 0. The average molecular weight is 500 g/mol. The van der Waals surface area contributed by atoms with Crippen molar-refractivity contribution in [1.82, 2.24) is 35.3 Å². The van der Waals surface area contributed by atoms with Gasteiger partial charge in [-0.05, 0) is 72.7 Å². The third-order valence-corrected chi connectivity index (χ3v) is 5.83. The molecule has 0 radical (unpaired) electrons. The van der Waals surface area contributed by atoms with Crippen LogP contribution < -0.4 is 10.1 Å². The summed E-state index contributed by atoms with van der Waals surface area (Å²) in [6.07, 6.45) is -5.42. The molecule has 0 aliphatic rings. The molecule has 4 rings (SSSR count). The second-order valence-electron chi connectivity index (χ2n) is 8.75. The molecule has 4 aromatic rings. The van der Waals surface area contributed by atoms with E-state index in [1.807, 2.05) is 31.5 Å². The van der Waals surface area contributed by atoms with E-state index < -0.39 is 18.6 Å². The largest absolute Gasteiger partial charge is 0.497 e. The highest BCUT2D eigenvalue weighted by Gasteiger charge is 2.32. The van der Waals surface area contributed by atoms with Crippen LogP contribution in [-0.2, 0) is 13.0 Å². The van der Waals surface area contributed by atoms with Crippen molar-refractivity contribution in [3.05, 3.63) is 82.9 Å². The van der Waals surface area contributed by atoms with Gasteiger partial charge in [0.15, 0.2) is 5.82 Å². The lowest BCUT2D eigenvalue weighted by molar-refractivity contribution is -0.127. The number of nitrogens with zero attached hydrogens (tertiary/aromatic N) is 6. The molecule has 0 fully saturated rings. The van der Waals surface area contributed by atoms with Crippen LogP contribution in [0.25, 0.3) is 5.69 Å². The van der Waals surface area contributed by atoms with Crippen molar-refractivity contribution < 1.29 is 17.9 Å². The zero-order valence-corrected chi connectivity index (χ0v) is 20.5. The van der Waals surface area contributed by atoms with Gasteiger partial charge in [0.2, 0.25) is 0 Å². The number of ether oxygens (including phenoxy) is 1. The molecule has 0 aliphatic carbocycles. The van der Waals surface area contributed by atoms with Gasteiger partial charge in [-0.25, -0.2) is 0 Å². The summed E-state index contributed by atoms with van der Waals surface area (Å²) in [7, 11) is 1.57. The summed E-state index contributed by atoms with van der Waals surface area (Å²) in [5.74, 6) is 1.03. The zero-order valence-electron chi connectivity index (χ0n) is 20.5. The van der Waals surface area contributed by atoms with E-state index in [0.717, 1.165) is 11.4 Å². The second kappa shape index (κ2) is 10.5. The van der Waals surface area contributed by atoms with E-state index in [0.29, 0.717) is 29.4 Å². The maximum absolute atomic E-state index is 13.5. The van der Waals surface area contributed by atoms with Crippen LogP contribution in [0.4, 0.5) is 13.2 Å². The molecule has 8 nitrogen and oxygen atoms in total. The highest BCUT2D eigenvalue weighted by Crippen LogP contribution is 2.30. The molecule has 2 aromatic heterocycles. The van der Waals surface area contributed by atoms with Crippen molar-refractivity contribution >= 4 is 0 Å². The van der Waals surface area contributed by atoms with Crippen LogP contribution in [0.1, 0.15) is 41.3 Å². The SMILES string of the molecule is COc1ccc(-n2nnnc2C(NC(C)Cn2nc(C)cc2C)c2ccccc2CC(F)(F)F)cc1. The first-order valence-electron chi connectivity index (χ1n) is 11.5. The van der Waals surface area contributed by atoms with Gasteiger partial charge in [0.05, 0.1) is 37.5 Å². The van der Waals surface area contributed by atoms with Gasteiger partial charge in [-0.2, -0.15) is 23.0 Å². The van der Waals surface area contributed by atoms with Gasteiger partial charge in [-0.1, -0.05) is 24.3 Å². The summed E-state index contributed by atoms with van der Waals surface area (Å²) in [5, 5.41) is 20.2. The average Bonchev–Trinajstić information content (AvgIpc) is 3.43. The Hall–Kier alpha value is -3.73. The molecule has 11 heteroatoms. The predicted molar refractivity (Wildman–Crippen MR) is 128 cm³/mol. The van der Waals surface area contributed by atoms with Crippen molar-refractivity contribution in [2.45, 2.75) is 52.0 Å². The van der Waals surface area contributed by atoms with Gasteiger partial charge >= 0.3 is 6.18 Å². The molecular weight excluding hydrogens is 471 g/mol. The number of hydrogen-bond acceptors (Lipinski definition) is 6. The molecule has 2 unspecified atom stereocenters. The first-order chi connectivity index (χ1) is 17.1. The van der Waals surface area contributed by atoms with Crippen LogP contribution in [-0.4, -0.2) is 49.3 Å². The maximum atomic E-state index is 13.5. The molecule has 2 atom stereocenters. The Bertz CT molecular complexity index is 1300. The predicted octanol–water partition coefficient (Wildman–Crippen LogP) is 4.36. The first kappa shape index (κ1) is 25.4. The Morgan fingerprint density at radius 1 is 1.06 bits per heavy atom. The monoisotopic (exact) mass is 499 g/mol. The summed E-state index contributed by atoms with van der Waals surface area (Å²) in [6.45, 7) is 6.35. The fourth-order valence-electron chi connectivity index (χ4n) is 4.23. The number of nitrogens with one attached hydrogen (secondary N) is 1. The number of aromatic nitrogens is 6. The fourth-order valence-corrected chi connectivity index (χ4v) is 4.23. The van der Waals surface area contributed by atoms with Crippen molar-refractivity contribution in [1.29, 1.82) is 0 Å². The van der Waals surface area contributed by atoms with E-state index >= 15 is 0 Å². The van der Waals surface area contributed by atoms with E-state index in [9.17, 15) is 13.2 Å². The number of methoxy groups -OCH3 is 1. The summed E-state index contributed by atoms with van der Waals surface area (Å²) in [6, 6.07) is 14.7. The molecule has 0 saturated heterocycles. The summed E-state index contributed by atoms with van der Waals surface area (Å²) in [5.41, 5.74) is 3.17. The number of rotatable bonds is 9. The normalized spacial score (nSPS) is 13.5. The second-order valence-corrected chi connectivity index (χ2v) is 8.75. The Kier molecular flexibility index (Phi) is 7.39. The van der Waals surface area contributed by atoms with Crippen molar-refractivity contribution in [2.75, 3.05) is 7.11 Å². The Balaban J connectivity index is 1.75. The Morgan fingerprint density at radius 3 is 2.42 bits per heavy atom. The van der Waals surface area contributed by atoms with Crippen LogP contribution in [0.15, 0.2) is 54.6 Å². The summed E-state index contributed by atoms with van der Waals surface area (Å²) < 4.78 is 49.0. The molecule has 2 aromatic carbocycles. The zero-order chi connectivity index (χ0) is 25.9. The van der Waals surface area contributed by atoms with E-state index in [2.05, 4.69) is 25.9 Å². The highest BCUT2D eigenvalue weighted by molar-refractivity contribution is 5.40. The van der Waals surface area contributed by atoms with Crippen molar-refractivity contribution in [3.63, 3.8) is 0 Å². The number of tetrazole rings is 1. The van der Waals surface area contributed by atoms with Crippen LogP contribution in [0, 0.1) is 13.8 Å². The molecule has 0 aliphatic heterocycles. The van der Waals surface area contributed by atoms with Crippen molar-refractivity contribution in [2.24, 2.45) is 0 Å². The standard InChI is InChI=1S/C25H28F3N7O/c1-16-13-18(3)34(31-16)15-17(2)29-23(22-8-6-5-7-19(22)14-25(26,27)28)24-30-32-33-35(24)20-9-11-21(36-4)12-10-20/h5-13,17,23,29H,14-15H2,1-4H3. The minimum absolute atomic E-state index is 0.157. The van der Waals surface area contributed by atoms with Crippen LogP contribution in [0.5, 0.6) is 5.75 Å². The van der Waals surface area contributed by atoms with Crippen LogP contribution in [0.2, 0.25) is 0 Å². The third kappa shape index (κ3) is 5.91. The van der Waals surface area contributed by atoms with Crippen LogP contribution >= 0.6 is 0 Å². The number of alkyl halides is 3. The molecule has 36 heavy (non-hydrogen) atoms. The number of hydrogen-bond donors (Lipinski definition) is 1. The maximum Gasteiger partial charge on any atom is 0.393 e. The first-order valence-corrected chi connectivity index (χ1v) is 11.5. The lowest BCUT2D eigenvalue weighted by Gasteiger charge is -2.26. The van der Waals surface area contributed by atoms with Gasteiger partial charge in [-0.15, -0.1) is 5.10 Å². The molecule has 1 N–H and O–H groups in total. The molecule has 0 spiro atoms. The molecule has 0 amide bonds. The van der Waals surface area contributed by atoms with Gasteiger partial charge < -0.3 is 4.74 Å². The third-order valence-electron chi connectivity index (χ3n) is 5.83. The highest BCUT2D eigenvalue weighted by atomic mass is 19.4. The van der Waals surface area contributed by atoms with E-state index in [4.69, 9.17) is 4.74 Å². The minimum atomic E-state index is -4.36. The van der Waals surface area contributed by atoms with Gasteiger partial charge in [-0.3, -0.25) is 10.00 Å². The summed E-state index contributed by atoms with van der Waals surface area (Å²) in [4.78, 5) is 0. The minimum Gasteiger partial charge on any atom is -0.497 e. The smallest absolute Gasteiger partial charge is 0.393 e. The van der Waals surface area contributed by atoms with E-state index in [-0.39, 0.29) is 11.6 Å². The fraction of sp³-hybridized carbons (Fsp3) is 0.360. The lowest BCUT2D eigenvalue weighted by Crippen LogP contribution is -2.37. The van der Waals surface area contributed by atoms with Crippen molar-refractivity contribution in [3.8, 4) is 11.4 Å². The van der Waals surface area contributed by atoms with E-state index in [1.54, 1.807) is 49.6 Å². The quantitative estimate of drug-likeness (QED) is 0.369. The molecule has 190 valence electrons. The number of benzene rings is 2. The van der Waals surface area contributed by atoms with Crippen LogP contribution in [0.3, 0.4) is 0 Å². The van der Waals surface area contributed by atoms with Gasteiger partial charge in [0.25, 0.3) is 0 Å². The lowest BCUT2D eigenvalue weighted by atomic mass is 9.96. The van der Waals surface area contributed by atoms with Gasteiger partial charge in [0, 0.05) is 11.7 Å². The molecule has 0 bridgehead atoms. The van der Waals surface area contributed by atoms with Gasteiger partial charge in [0.1, 0.15) is 5.75 Å². The van der Waals surface area contributed by atoms with E-state index in [1.165, 1.54) is 10.7 Å². The number of halogens is 3. The number of aryl methyl sites for hydroxylation is 2. The molecular formula is C25H28F3N7O.